The average molecular weight is 1890 g/mol. The highest BCUT2D eigenvalue weighted by atomic mass is 16.4. The number of carboxylic acids is 1. The highest BCUT2D eigenvalue weighted by Gasteiger charge is 2.24. The van der Waals surface area contributed by atoms with Crippen molar-refractivity contribution in [3.8, 4) is 0 Å². The van der Waals surface area contributed by atoms with Gasteiger partial charge in [-0.05, 0) is 254 Å². The van der Waals surface area contributed by atoms with Crippen LogP contribution in [0.1, 0.15) is 265 Å². The number of aryl methyl sites for hydroxylation is 4. The molecule has 0 spiro atoms. The van der Waals surface area contributed by atoms with Gasteiger partial charge in [0, 0.05) is 104 Å². The van der Waals surface area contributed by atoms with E-state index in [0.29, 0.717) is 81.8 Å². The van der Waals surface area contributed by atoms with E-state index < -0.39 is 5.97 Å². The van der Waals surface area contributed by atoms with E-state index in [2.05, 4.69) is 271 Å². The van der Waals surface area contributed by atoms with Gasteiger partial charge < -0.3 is 94.3 Å². The molecule has 8 rings (SSSR count). The van der Waals surface area contributed by atoms with Crippen molar-refractivity contribution in [3.05, 3.63) is 247 Å². The van der Waals surface area contributed by atoms with Crippen LogP contribution in [-0.4, -0.2) is 79.0 Å². The molecule has 0 aliphatic rings. The lowest BCUT2D eigenvalue weighted by atomic mass is 9.90. The summed E-state index contributed by atoms with van der Waals surface area (Å²) in [6.07, 6.45) is 23.0. The number of carbonyl (C=O) groups excluding carboxylic acids is 3. The maximum Gasteiger partial charge on any atom is 0.306 e. The number of carboxylic acid groups (broad SMARTS) is 1. The van der Waals surface area contributed by atoms with E-state index in [9.17, 15) is 19.2 Å². The number of rotatable bonds is 46. The molecule has 0 bridgehead atoms. The molecule has 0 radical (unpaired) electrons. The average Bonchev–Trinajstić information content (AvgIpc) is 0.777. The summed E-state index contributed by atoms with van der Waals surface area (Å²) in [6, 6.07) is 42.0. The monoisotopic (exact) mass is 1890 g/mol. The van der Waals surface area contributed by atoms with Gasteiger partial charge >= 0.3 is 5.97 Å². The van der Waals surface area contributed by atoms with Gasteiger partial charge in [-0.3, -0.25) is 19.2 Å². The molecule has 2 aromatic heterocycles. The van der Waals surface area contributed by atoms with Crippen molar-refractivity contribution in [1.82, 2.24) is 41.9 Å². The predicted octanol–water partition coefficient (Wildman–Crippen LogP) is 21.5. The summed E-state index contributed by atoms with van der Waals surface area (Å²) in [5.41, 5.74) is 69.4. The zero-order valence-electron chi connectivity index (χ0n) is 88.5. The SMILES string of the molecule is C=C(N)NCCCC[C@@H](C(=O)NC)C(C)C.C=C(N)NCCCC[C@@H](C(=O)O)C(C)C.C=C(N)NCCCC[C@@H](C(N)=O)C(C)C.C=C(N)NCCCC[C@H](C(=O)NC)C(C)C.C=C(N)c1ccc(CC(C)C)cc1.C=C(N)c1ccc(CCC(C)C)cc1.CC(C)CCc1ccc2c(N)cccc2c1.CC(C)Cc1ccc2c(N)nccc2c1.Cc1cc2c(N)nccc2c(C)c1CC(C)C. The number of nitrogens with zero attached hydrogens (tertiary/aromatic N) is 2. The van der Waals surface area contributed by atoms with Gasteiger partial charge in [-0.2, -0.15) is 0 Å². The maximum absolute atomic E-state index is 11.6. The molecular formula is C114H186N18O5. The van der Waals surface area contributed by atoms with Crippen molar-refractivity contribution in [1.29, 1.82) is 0 Å². The quantitative estimate of drug-likeness (QED) is 0.0124. The number of fused-ring (bicyclic) bond motifs is 3. The summed E-state index contributed by atoms with van der Waals surface area (Å²) in [7, 11) is 3.38. The molecule has 0 aliphatic heterocycles. The third kappa shape index (κ3) is 55.8. The molecule has 137 heavy (non-hydrogen) atoms. The van der Waals surface area contributed by atoms with E-state index in [1.54, 1.807) is 26.5 Å². The molecule has 3 amide bonds. The Morgan fingerprint density at radius 2 is 0.708 bits per heavy atom. The van der Waals surface area contributed by atoms with Crippen LogP contribution in [0.5, 0.6) is 0 Å². The van der Waals surface area contributed by atoms with Crippen molar-refractivity contribution in [2.75, 3.05) is 57.5 Å². The predicted molar refractivity (Wildman–Crippen MR) is 590 cm³/mol. The number of nitrogens with one attached hydrogen (secondary N) is 6. The van der Waals surface area contributed by atoms with Gasteiger partial charge in [0.05, 0.1) is 29.2 Å². The van der Waals surface area contributed by atoms with Gasteiger partial charge in [-0.25, -0.2) is 9.97 Å². The minimum Gasteiger partial charge on any atom is -0.481 e. The smallest absolute Gasteiger partial charge is 0.306 e. The zero-order chi connectivity index (χ0) is 104. The Kier molecular flexibility index (Phi) is 63.8. The number of amides is 3. The first-order valence-electron chi connectivity index (χ1n) is 49.7. The van der Waals surface area contributed by atoms with Crippen molar-refractivity contribution >= 4 is 84.7 Å². The van der Waals surface area contributed by atoms with E-state index in [1.807, 2.05) is 70.2 Å². The van der Waals surface area contributed by atoms with Crippen LogP contribution in [0.4, 0.5) is 17.3 Å². The summed E-state index contributed by atoms with van der Waals surface area (Å²) < 4.78 is 0. The molecule has 0 saturated heterocycles. The highest BCUT2D eigenvalue weighted by Crippen LogP contribution is 2.31. The van der Waals surface area contributed by atoms with E-state index in [-0.39, 0.29) is 47.3 Å². The molecule has 2 heterocycles. The molecule has 6 aromatic carbocycles. The summed E-state index contributed by atoms with van der Waals surface area (Å²) in [5.74, 6) is 7.47. The van der Waals surface area contributed by atoms with E-state index in [0.717, 1.165) is 180 Å². The molecule has 0 saturated carbocycles. The fourth-order valence-corrected chi connectivity index (χ4v) is 15.3. The molecule has 4 atom stereocenters. The Hall–Kier alpha value is -11.9. The minimum absolute atomic E-state index is 0.00826. The van der Waals surface area contributed by atoms with Crippen molar-refractivity contribution in [2.45, 2.75) is 260 Å². The largest absolute Gasteiger partial charge is 0.481 e. The fourth-order valence-electron chi connectivity index (χ4n) is 15.3. The number of aliphatic carboxylic acids is 1. The number of pyridine rings is 2. The standard InChI is InChI=1S/C15H20N2.C15H19N.C13H16N2.C13H19N.2C12H25N3O.C12H17N.C11H23N3O.C11H22N2O2/c1-9(2)7-13-10(3)8-14-12(11(13)4)5-6-17-15(14)16;1-11(2)6-7-12-8-9-14-13(10-12)4-3-5-15(14)16;1-9(2)7-10-3-4-12-11(8-10)5-6-15-13(12)14;1-10(2)4-5-12-6-8-13(9-7-12)11(3)14;2*1-9(2)11(12(16)14-4)7-5-6-8-15-10(3)13;1-9(2)8-11-4-6-12(7-5-11)10(3)13;1-8(2)10(11(13)15)6-4-5-7-14-9(3)12;1-8(2)10(11(14)15)6-4-5-7-13-9(3)12/h5-6,8-9H,7H2,1-4H3,(H2,16,17);3-5,8-11H,6-7,16H2,1-2H3;3-6,8-9H,7H2,1-2H3,(H2,14,15);6-10H,3-5,14H2,1-2H3;2*9,11,15H,3,5-8,13H2,1-2,4H3,(H,14,16);4-7,9H,3,8,13H2,1-2H3;8,10,14H,3-7,12H2,1-2H3,(H2,13,15);8,10,13H,3-7,12H2,1-2H3,(H,14,15)/t;;;;2*11-;;2*10-/m....10.11/s1. The van der Waals surface area contributed by atoms with Crippen LogP contribution < -0.4 is 89.2 Å². The summed E-state index contributed by atoms with van der Waals surface area (Å²) in [5, 5.41) is 33.1. The van der Waals surface area contributed by atoms with Gasteiger partial charge in [0.2, 0.25) is 17.7 Å². The number of aromatic nitrogens is 2. The van der Waals surface area contributed by atoms with E-state index in [4.69, 9.17) is 62.4 Å². The van der Waals surface area contributed by atoms with Gasteiger partial charge in [0.25, 0.3) is 0 Å². The normalized spacial score (nSPS) is 11.6. The molecule has 0 unspecified atom stereocenters. The third-order valence-electron chi connectivity index (χ3n) is 23.4. The Morgan fingerprint density at radius 1 is 0.358 bits per heavy atom. The van der Waals surface area contributed by atoms with Crippen LogP contribution in [0, 0.1) is 90.8 Å². The number of nitrogens with two attached hydrogens (primary N) is 10. The first-order valence-corrected chi connectivity index (χ1v) is 49.7. The molecule has 762 valence electrons. The van der Waals surface area contributed by atoms with Crippen LogP contribution >= 0.6 is 0 Å². The summed E-state index contributed by atoms with van der Waals surface area (Å²) in [6.45, 7) is 67.8. The second kappa shape index (κ2) is 69.9. The second-order valence-electron chi connectivity index (χ2n) is 39.5. The molecule has 23 nitrogen and oxygen atoms in total. The zero-order valence-corrected chi connectivity index (χ0v) is 88.5. The molecule has 8 aromatic rings. The molecule has 27 N–H and O–H groups in total. The fraction of sp³-hybridized carbons (Fsp3) is 0.509. The van der Waals surface area contributed by atoms with Gasteiger partial charge in [0.1, 0.15) is 11.6 Å². The van der Waals surface area contributed by atoms with Gasteiger partial charge in [0.15, 0.2) is 0 Å². The lowest BCUT2D eigenvalue weighted by molar-refractivity contribution is -0.143. The summed E-state index contributed by atoms with van der Waals surface area (Å²) in [4.78, 5) is 53.3. The first kappa shape index (κ1) is 125. The topological polar surface area (TPSA) is 447 Å². The van der Waals surface area contributed by atoms with Gasteiger partial charge in [-0.15, -0.1) is 0 Å². The second-order valence-corrected chi connectivity index (χ2v) is 39.5. The Labute approximate surface area is 827 Å². The number of benzene rings is 6. The first-order chi connectivity index (χ1) is 64.4. The van der Waals surface area contributed by atoms with Crippen molar-refractivity contribution in [2.24, 2.45) is 117 Å². The number of hydrogen-bond donors (Lipinski definition) is 17. The number of nitrogen functional groups attached to an aromatic ring is 3. The van der Waals surface area contributed by atoms with E-state index >= 15 is 0 Å². The Balaban J connectivity index is 0.00000152. The van der Waals surface area contributed by atoms with Crippen LogP contribution in [0.3, 0.4) is 0 Å². The Bertz CT molecular complexity index is 4760. The summed E-state index contributed by atoms with van der Waals surface area (Å²) >= 11 is 0. The van der Waals surface area contributed by atoms with Crippen LogP contribution in [0.15, 0.2) is 196 Å². The Morgan fingerprint density at radius 3 is 1.09 bits per heavy atom. The molecular weight excluding hydrogens is 1700 g/mol. The van der Waals surface area contributed by atoms with Crippen molar-refractivity contribution in [3.63, 3.8) is 0 Å². The van der Waals surface area contributed by atoms with Crippen LogP contribution in [-0.2, 0) is 51.3 Å². The van der Waals surface area contributed by atoms with Crippen LogP contribution in [0.25, 0.3) is 43.7 Å². The number of anilines is 3. The lowest BCUT2D eigenvalue weighted by Gasteiger charge is -2.19. The lowest BCUT2D eigenvalue weighted by Crippen LogP contribution is -2.31. The molecule has 0 fully saturated rings. The maximum atomic E-state index is 11.6. The minimum atomic E-state index is -0.693. The number of unbranched alkanes of at least 4 members (excludes halogenated alkanes) is 4. The van der Waals surface area contributed by atoms with E-state index in [1.165, 1.54) is 67.9 Å². The molecule has 23 heteroatoms. The van der Waals surface area contributed by atoms with Gasteiger partial charge in [-0.1, -0.05) is 287 Å². The number of carbonyl (C=O) groups is 4. The highest BCUT2D eigenvalue weighted by molar-refractivity contribution is 5.95. The van der Waals surface area contributed by atoms with Crippen molar-refractivity contribution < 1.29 is 24.3 Å². The van der Waals surface area contributed by atoms with Crippen LogP contribution in [0.2, 0.25) is 0 Å². The third-order valence-corrected chi connectivity index (χ3v) is 23.4. The molecule has 0 aliphatic carbocycles. The number of hydrogen-bond acceptors (Lipinski definition) is 19. The number of primary amides is 1.